The summed E-state index contributed by atoms with van der Waals surface area (Å²) in [6, 6.07) is 8.10. The predicted molar refractivity (Wildman–Crippen MR) is 96.9 cm³/mol. The second-order valence-electron chi connectivity index (χ2n) is 6.16. The Hall–Kier alpha value is -1.85. The van der Waals surface area contributed by atoms with Crippen molar-refractivity contribution in [1.82, 2.24) is 10.2 Å². The average Bonchev–Trinajstić information content (AvgIpc) is 2.86. The number of nitrogens with zero attached hydrogens (tertiary/aromatic N) is 1. The maximum Gasteiger partial charge on any atom is 0.245 e. The van der Waals surface area contributed by atoms with Crippen molar-refractivity contribution in [2.45, 2.75) is 46.1 Å². The van der Waals surface area contributed by atoms with E-state index in [9.17, 15) is 4.79 Å². The van der Waals surface area contributed by atoms with E-state index in [0.29, 0.717) is 12.2 Å². The van der Waals surface area contributed by atoms with Crippen LogP contribution in [0.15, 0.2) is 24.3 Å². The minimum Gasteiger partial charge on any atom is -0.318 e. The number of hydrogen-bond acceptors (Lipinski definition) is 3. The Balaban J connectivity index is 0.00000264. The number of aromatic amines is 1. The monoisotopic (exact) mass is 336 g/mol. The normalized spacial score (nSPS) is 13.1. The molecule has 1 unspecified atom stereocenters. The van der Waals surface area contributed by atoms with Crippen molar-refractivity contribution in [3.63, 3.8) is 0 Å². The molecule has 0 bridgehead atoms. The molecule has 1 heterocycles. The van der Waals surface area contributed by atoms with Gasteiger partial charge in [0.05, 0.1) is 11.2 Å². The summed E-state index contributed by atoms with van der Waals surface area (Å²) in [6.07, 6.45) is 1.49. The Morgan fingerprint density at radius 2 is 1.87 bits per heavy atom. The number of rotatable bonds is 5. The highest BCUT2D eigenvalue weighted by atomic mass is 35.5. The molecule has 0 spiro atoms. The molecule has 1 atom stereocenters. The molecule has 2 aromatic rings. The third-order valence-electron chi connectivity index (χ3n) is 3.64. The first-order valence-corrected chi connectivity index (χ1v) is 7.56. The molecule has 126 valence electrons. The lowest BCUT2D eigenvalue weighted by Gasteiger charge is -2.21. The van der Waals surface area contributed by atoms with Crippen LogP contribution in [0.1, 0.15) is 37.8 Å². The summed E-state index contributed by atoms with van der Waals surface area (Å²) in [6.45, 7) is 7.86. The third kappa shape index (κ3) is 4.81. The second kappa shape index (κ2) is 7.62. The van der Waals surface area contributed by atoms with E-state index in [1.165, 1.54) is 11.1 Å². The van der Waals surface area contributed by atoms with E-state index in [4.69, 9.17) is 5.73 Å². The predicted octanol–water partition coefficient (Wildman–Crippen LogP) is 3.57. The molecule has 0 aliphatic rings. The summed E-state index contributed by atoms with van der Waals surface area (Å²) in [7, 11) is 0. The number of carbonyl (C=O) groups is 1. The average molecular weight is 337 g/mol. The Bertz CT molecular complexity index is 659. The fraction of sp³-hybridized carbons (Fsp3) is 0.412. The molecule has 0 saturated carbocycles. The van der Waals surface area contributed by atoms with Crippen molar-refractivity contribution in [2.24, 2.45) is 5.73 Å². The van der Waals surface area contributed by atoms with Crippen LogP contribution in [0.25, 0.3) is 11.3 Å². The molecule has 23 heavy (non-hydrogen) atoms. The van der Waals surface area contributed by atoms with E-state index in [0.717, 1.165) is 17.7 Å². The van der Waals surface area contributed by atoms with Crippen molar-refractivity contribution in [3.8, 4) is 11.3 Å². The molecular weight excluding hydrogens is 312 g/mol. The first kappa shape index (κ1) is 19.2. The molecule has 0 radical (unpaired) electrons. The number of aromatic nitrogens is 2. The maximum atomic E-state index is 12.2. The largest absolute Gasteiger partial charge is 0.318 e. The van der Waals surface area contributed by atoms with Crippen molar-refractivity contribution in [1.29, 1.82) is 0 Å². The molecule has 6 heteroatoms. The summed E-state index contributed by atoms with van der Waals surface area (Å²) in [5, 5.41) is 9.89. The highest BCUT2D eigenvalue weighted by molar-refractivity contribution is 5.97. The number of aryl methyl sites for hydroxylation is 2. The quantitative estimate of drug-likeness (QED) is 0.780. The zero-order chi connectivity index (χ0) is 16.3. The highest BCUT2D eigenvalue weighted by Crippen LogP contribution is 2.23. The van der Waals surface area contributed by atoms with Crippen LogP contribution in [-0.2, 0) is 4.79 Å². The zero-order valence-electron chi connectivity index (χ0n) is 14.1. The SMILES string of the molecule is CCCC(C)(N)C(=O)Nc1cc(-c2cc(C)cc(C)c2)[nH]n1.Cl. The van der Waals surface area contributed by atoms with Gasteiger partial charge >= 0.3 is 0 Å². The molecule has 1 aromatic heterocycles. The summed E-state index contributed by atoms with van der Waals surface area (Å²) < 4.78 is 0. The van der Waals surface area contributed by atoms with Gasteiger partial charge in [-0.3, -0.25) is 9.89 Å². The number of amides is 1. The number of H-pyrrole nitrogens is 1. The lowest BCUT2D eigenvalue weighted by atomic mass is 9.96. The van der Waals surface area contributed by atoms with Crippen LogP contribution < -0.4 is 11.1 Å². The Morgan fingerprint density at radius 1 is 1.26 bits per heavy atom. The van der Waals surface area contributed by atoms with Crippen molar-refractivity contribution in [2.75, 3.05) is 5.32 Å². The van der Waals surface area contributed by atoms with Gasteiger partial charge in [0.2, 0.25) is 5.91 Å². The van der Waals surface area contributed by atoms with E-state index in [-0.39, 0.29) is 18.3 Å². The molecule has 0 saturated heterocycles. The van der Waals surface area contributed by atoms with Gasteiger partial charge in [-0.15, -0.1) is 12.4 Å². The molecule has 0 aliphatic carbocycles. The molecule has 1 aromatic carbocycles. The van der Waals surface area contributed by atoms with E-state index >= 15 is 0 Å². The molecule has 5 nitrogen and oxygen atoms in total. The Labute approximate surface area is 143 Å². The molecular formula is C17H25ClN4O. The minimum atomic E-state index is -0.881. The number of hydrogen-bond donors (Lipinski definition) is 3. The van der Waals surface area contributed by atoms with Crippen LogP contribution in [0, 0.1) is 13.8 Å². The van der Waals surface area contributed by atoms with Crippen LogP contribution in [-0.4, -0.2) is 21.6 Å². The summed E-state index contributed by atoms with van der Waals surface area (Å²) in [5.41, 5.74) is 9.44. The maximum absolute atomic E-state index is 12.2. The number of nitrogens with two attached hydrogens (primary N) is 1. The summed E-state index contributed by atoms with van der Waals surface area (Å²) in [5.74, 6) is 0.278. The number of anilines is 1. The Kier molecular flexibility index (Phi) is 6.36. The van der Waals surface area contributed by atoms with E-state index in [1.807, 2.05) is 13.0 Å². The Morgan fingerprint density at radius 3 is 2.43 bits per heavy atom. The van der Waals surface area contributed by atoms with E-state index < -0.39 is 5.54 Å². The first-order chi connectivity index (χ1) is 10.3. The van der Waals surface area contributed by atoms with Crippen LogP contribution in [0.4, 0.5) is 5.82 Å². The van der Waals surface area contributed by atoms with Crippen molar-refractivity contribution < 1.29 is 4.79 Å². The first-order valence-electron chi connectivity index (χ1n) is 7.56. The smallest absolute Gasteiger partial charge is 0.245 e. The van der Waals surface area contributed by atoms with Crippen molar-refractivity contribution >= 4 is 24.1 Å². The van der Waals surface area contributed by atoms with Crippen LogP contribution >= 0.6 is 12.4 Å². The number of halogens is 1. The fourth-order valence-corrected chi connectivity index (χ4v) is 2.56. The molecule has 4 N–H and O–H groups in total. The molecule has 1 amide bonds. The number of benzene rings is 1. The fourth-order valence-electron chi connectivity index (χ4n) is 2.56. The molecule has 2 rings (SSSR count). The number of nitrogens with one attached hydrogen (secondary N) is 2. The van der Waals surface area contributed by atoms with Gasteiger partial charge in [-0.25, -0.2) is 0 Å². The highest BCUT2D eigenvalue weighted by Gasteiger charge is 2.27. The third-order valence-corrected chi connectivity index (χ3v) is 3.64. The minimum absolute atomic E-state index is 0. The van der Waals surface area contributed by atoms with Gasteiger partial charge in [-0.05, 0) is 39.3 Å². The van der Waals surface area contributed by atoms with Crippen LogP contribution in [0.2, 0.25) is 0 Å². The second-order valence-corrected chi connectivity index (χ2v) is 6.16. The van der Waals surface area contributed by atoms with E-state index in [2.05, 4.69) is 47.6 Å². The molecule has 0 aliphatic heterocycles. The van der Waals surface area contributed by atoms with Crippen LogP contribution in [0.5, 0.6) is 0 Å². The van der Waals surface area contributed by atoms with Gasteiger partial charge in [0.1, 0.15) is 0 Å². The van der Waals surface area contributed by atoms with Gasteiger partial charge in [0, 0.05) is 11.6 Å². The van der Waals surface area contributed by atoms with Gasteiger partial charge < -0.3 is 11.1 Å². The van der Waals surface area contributed by atoms with Gasteiger partial charge in [-0.2, -0.15) is 5.10 Å². The van der Waals surface area contributed by atoms with Crippen molar-refractivity contribution in [3.05, 3.63) is 35.4 Å². The van der Waals surface area contributed by atoms with Gasteiger partial charge in [0.15, 0.2) is 5.82 Å². The van der Waals surface area contributed by atoms with Crippen LogP contribution in [0.3, 0.4) is 0 Å². The zero-order valence-corrected chi connectivity index (χ0v) is 14.9. The topological polar surface area (TPSA) is 83.8 Å². The summed E-state index contributed by atoms with van der Waals surface area (Å²) >= 11 is 0. The number of carbonyl (C=O) groups excluding carboxylic acids is 1. The standard InChI is InChI=1S/C17H24N4O.ClH/c1-5-6-17(4,18)16(22)19-15-10-14(20-21-15)13-8-11(2)7-12(3)9-13;/h7-10H,5-6,18H2,1-4H3,(H2,19,20,21,22);1H. The molecule has 0 fully saturated rings. The lowest BCUT2D eigenvalue weighted by molar-refractivity contribution is -0.120. The summed E-state index contributed by atoms with van der Waals surface area (Å²) in [4.78, 5) is 12.2. The van der Waals surface area contributed by atoms with Gasteiger partial charge in [0.25, 0.3) is 0 Å². The lowest BCUT2D eigenvalue weighted by Crippen LogP contribution is -2.48. The van der Waals surface area contributed by atoms with Gasteiger partial charge in [-0.1, -0.05) is 30.5 Å². The van der Waals surface area contributed by atoms with E-state index in [1.54, 1.807) is 6.92 Å².